The van der Waals surface area contributed by atoms with E-state index in [0.29, 0.717) is 5.41 Å². The van der Waals surface area contributed by atoms with Crippen molar-refractivity contribution in [2.75, 3.05) is 19.6 Å². The fraction of sp³-hybridized carbons (Fsp3) is 1.00. The molecule has 1 aliphatic heterocycles. The Morgan fingerprint density at radius 2 is 1.81 bits per heavy atom. The summed E-state index contributed by atoms with van der Waals surface area (Å²) < 4.78 is 0. The number of hydrogen-bond donors (Lipinski definition) is 1. The van der Waals surface area contributed by atoms with Crippen LogP contribution in [0.2, 0.25) is 0 Å². The van der Waals surface area contributed by atoms with Crippen LogP contribution in [0.4, 0.5) is 0 Å². The third-order valence-electron chi connectivity index (χ3n) is 5.73. The molecular formula is C19H38N2. The quantitative estimate of drug-likeness (QED) is 0.779. The lowest BCUT2D eigenvalue weighted by Gasteiger charge is -2.46. The minimum absolute atomic E-state index is 0.457. The molecule has 1 saturated heterocycles. The van der Waals surface area contributed by atoms with Crippen LogP contribution in [-0.2, 0) is 0 Å². The first-order chi connectivity index (χ1) is 10.0. The first-order valence-corrected chi connectivity index (χ1v) is 9.49. The average molecular weight is 295 g/mol. The van der Waals surface area contributed by atoms with Crippen LogP contribution in [0, 0.1) is 11.3 Å². The minimum atomic E-state index is 0.457. The van der Waals surface area contributed by atoms with Gasteiger partial charge in [-0.15, -0.1) is 0 Å². The molecule has 1 N–H and O–H groups in total. The molecule has 3 unspecified atom stereocenters. The number of nitrogens with one attached hydrogen (secondary N) is 1. The maximum absolute atomic E-state index is 3.71. The lowest BCUT2D eigenvalue weighted by molar-refractivity contribution is 0.0358. The van der Waals surface area contributed by atoms with E-state index in [2.05, 4.69) is 37.9 Å². The smallest absolute Gasteiger partial charge is 0.0195 e. The van der Waals surface area contributed by atoms with Gasteiger partial charge in [0.05, 0.1) is 0 Å². The van der Waals surface area contributed by atoms with Gasteiger partial charge in [0, 0.05) is 18.6 Å². The van der Waals surface area contributed by atoms with Crippen molar-refractivity contribution in [1.29, 1.82) is 0 Å². The van der Waals surface area contributed by atoms with Gasteiger partial charge in [0.1, 0.15) is 0 Å². The third-order valence-corrected chi connectivity index (χ3v) is 5.73. The van der Waals surface area contributed by atoms with Crippen molar-refractivity contribution in [3.05, 3.63) is 0 Å². The van der Waals surface area contributed by atoms with Gasteiger partial charge in [-0.1, -0.05) is 47.0 Å². The highest BCUT2D eigenvalue weighted by atomic mass is 15.2. The minimum Gasteiger partial charge on any atom is -0.313 e. The van der Waals surface area contributed by atoms with E-state index < -0.39 is 0 Å². The molecule has 2 aliphatic rings. The molecule has 1 aliphatic carbocycles. The lowest BCUT2D eigenvalue weighted by atomic mass is 9.69. The highest BCUT2D eigenvalue weighted by Gasteiger charge is 2.37. The van der Waals surface area contributed by atoms with Crippen LogP contribution in [-0.4, -0.2) is 36.6 Å². The molecule has 0 bridgehead atoms. The predicted octanol–water partition coefficient (Wildman–Crippen LogP) is 4.45. The molecule has 0 aromatic rings. The van der Waals surface area contributed by atoms with E-state index in [9.17, 15) is 0 Å². The van der Waals surface area contributed by atoms with Crippen LogP contribution in [0.15, 0.2) is 0 Å². The number of nitrogens with zero attached hydrogens (tertiary/aromatic N) is 1. The molecule has 0 aromatic heterocycles. The number of unbranched alkanes of at least 4 members (excludes halogenated alkanes) is 1. The van der Waals surface area contributed by atoms with E-state index in [-0.39, 0.29) is 0 Å². The molecule has 0 amide bonds. The fourth-order valence-corrected chi connectivity index (χ4v) is 4.51. The summed E-state index contributed by atoms with van der Waals surface area (Å²) in [5.41, 5.74) is 0.457. The largest absolute Gasteiger partial charge is 0.313 e. The number of hydrogen-bond acceptors (Lipinski definition) is 2. The Bertz CT molecular complexity index is 288. The Labute approximate surface area is 133 Å². The van der Waals surface area contributed by atoms with Gasteiger partial charge in [-0.25, -0.2) is 0 Å². The lowest BCUT2D eigenvalue weighted by Crippen LogP contribution is -2.51. The van der Waals surface area contributed by atoms with E-state index >= 15 is 0 Å². The molecule has 2 fully saturated rings. The normalized spacial score (nSPS) is 31.0. The van der Waals surface area contributed by atoms with E-state index in [4.69, 9.17) is 0 Å². The second-order valence-corrected chi connectivity index (χ2v) is 8.47. The molecule has 21 heavy (non-hydrogen) atoms. The summed E-state index contributed by atoms with van der Waals surface area (Å²) in [7, 11) is 0. The second kappa shape index (κ2) is 7.97. The van der Waals surface area contributed by atoms with Crippen LogP contribution in [0.25, 0.3) is 0 Å². The van der Waals surface area contributed by atoms with Crippen LogP contribution in [0.3, 0.4) is 0 Å². The van der Waals surface area contributed by atoms with Crippen molar-refractivity contribution in [2.45, 2.75) is 91.1 Å². The second-order valence-electron chi connectivity index (χ2n) is 8.47. The molecule has 2 heteroatoms. The van der Waals surface area contributed by atoms with Crippen molar-refractivity contribution in [3.63, 3.8) is 0 Å². The van der Waals surface area contributed by atoms with Crippen LogP contribution in [0.5, 0.6) is 0 Å². The summed E-state index contributed by atoms with van der Waals surface area (Å²) in [6.07, 6.45) is 11.2. The van der Waals surface area contributed by atoms with Crippen molar-refractivity contribution >= 4 is 0 Å². The van der Waals surface area contributed by atoms with Gasteiger partial charge in [0.2, 0.25) is 0 Å². The van der Waals surface area contributed by atoms with Crippen LogP contribution >= 0.6 is 0 Å². The maximum atomic E-state index is 3.71. The van der Waals surface area contributed by atoms with Gasteiger partial charge in [-0.3, -0.25) is 4.90 Å². The van der Waals surface area contributed by atoms with Crippen molar-refractivity contribution in [3.8, 4) is 0 Å². The topological polar surface area (TPSA) is 15.3 Å². The molecule has 124 valence electrons. The standard InChI is InChI=1S/C19H38N2/c1-5-6-14-21(15-16-10-9-13-20-16)18-12-8-7-11-17(18)19(2,3)4/h16-18,20H,5-15H2,1-4H3. The van der Waals surface area contributed by atoms with Crippen LogP contribution in [0.1, 0.15) is 79.1 Å². The molecule has 1 saturated carbocycles. The summed E-state index contributed by atoms with van der Waals surface area (Å²) in [6, 6.07) is 1.58. The first-order valence-electron chi connectivity index (χ1n) is 9.49. The summed E-state index contributed by atoms with van der Waals surface area (Å²) in [4.78, 5) is 2.88. The van der Waals surface area contributed by atoms with Gasteiger partial charge in [0.15, 0.2) is 0 Å². The van der Waals surface area contributed by atoms with Gasteiger partial charge in [0.25, 0.3) is 0 Å². The molecule has 1 heterocycles. The first kappa shape index (κ1) is 17.3. The van der Waals surface area contributed by atoms with E-state index in [1.807, 2.05) is 0 Å². The molecule has 0 spiro atoms. The summed E-state index contributed by atoms with van der Waals surface area (Å²) in [6.45, 7) is 13.5. The zero-order chi connectivity index (χ0) is 15.3. The Hall–Kier alpha value is -0.0800. The SMILES string of the molecule is CCCCN(CC1CCCN1)C1CCCCC1C(C)(C)C. The van der Waals surface area contributed by atoms with Crippen molar-refractivity contribution in [2.24, 2.45) is 11.3 Å². The Balaban J connectivity index is 2.04. The van der Waals surface area contributed by atoms with E-state index in [1.165, 1.54) is 71.0 Å². The highest BCUT2D eigenvalue weighted by molar-refractivity contribution is 4.91. The molecule has 2 rings (SSSR count). The summed E-state index contributed by atoms with van der Waals surface area (Å²) in [5.74, 6) is 0.879. The van der Waals surface area contributed by atoms with E-state index in [1.54, 1.807) is 0 Å². The maximum Gasteiger partial charge on any atom is 0.0195 e. The van der Waals surface area contributed by atoms with Gasteiger partial charge in [-0.2, -0.15) is 0 Å². The fourth-order valence-electron chi connectivity index (χ4n) is 4.51. The Kier molecular flexibility index (Phi) is 6.55. The molecule has 0 aromatic carbocycles. The monoisotopic (exact) mass is 294 g/mol. The zero-order valence-electron chi connectivity index (χ0n) is 15.0. The third kappa shape index (κ3) is 4.96. The van der Waals surface area contributed by atoms with Gasteiger partial charge in [-0.05, 0) is 56.5 Å². The van der Waals surface area contributed by atoms with Crippen molar-refractivity contribution < 1.29 is 0 Å². The predicted molar refractivity (Wildman–Crippen MR) is 92.7 cm³/mol. The summed E-state index contributed by atoms with van der Waals surface area (Å²) >= 11 is 0. The molecular weight excluding hydrogens is 256 g/mol. The van der Waals surface area contributed by atoms with Gasteiger partial charge >= 0.3 is 0 Å². The zero-order valence-corrected chi connectivity index (χ0v) is 15.0. The molecule has 2 nitrogen and oxygen atoms in total. The average Bonchev–Trinajstić information content (AvgIpc) is 2.95. The van der Waals surface area contributed by atoms with Crippen LogP contribution < -0.4 is 5.32 Å². The van der Waals surface area contributed by atoms with Crippen molar-refractivity contribution in [1.82, 2.24) is 10.2 Å². The molecule has 0 radical (unpaired) electrons. The highest BCUT2D eigenvalue weighted by Crippen LogP contribution is 2.40. The molecule has 3 atom stereocenters. The Morgan fingerprint density at radius 3 is 2.43 bits per heavy atom. The Morgan fingerprint density at radius 1 is 1.05 bits per heavy atom. The van der Waals surface area contributed by atoms with E-state index in [0.717, 1.165) is 18.0 Å². The number of rotatable bonds is 6. The van der Waals surface area contributed by atoms with Gasteiger partial charge < -0.3 is 5.32 Å². The summed E-state index contributed by atoms with van der Waals surface area (Å²) in [5, 5.41) is 3.71.